The van der Waals surface area contributed by atoms with E-state index in [1.807, 2.05) is 24.3 Å². The Balaban J connectivity index is 1.86. The summed E-state index contributed by atoms with van der Waals surface area (Å²) in [7, 11) is 3.16. The third-order valence-electron chi connectivity index (χ3n) is 2.53. The Morgan fingerprint density at radius 3 is 2.86 bits per heavy atom. The number of benzene rings is 1. The molecule has 0 fully saturated rings. The van der Waals surface area contributed by atoms with E-state index in [0.717, 1.165) is 5.69 Å². The summed E-state index contributed by atoms with van der Waals surface area (Å²) in [5, 5.41) is 14.6. The zero-order valence-corrected chi connectivity index (χ0v) is 12.6. The van der Waals surface area contributed by atoms with E-state index in [2.05, 4.69) is 20.8 Å². The first-order valence-electron chi connectivity index (χ1n) is 6.21. The Bertz CT molecular complexity index is 603. The molecule has 0 spiro atoms. The second kappa shape index (κ2) is 7.55. The van der Waals surface area contributed by atoms with Crippen molar-refractivity contribution in [1.82, 2.24) is 10.2 Å². The Hall–Kier alpha value is -2.19. The van der Waals surface area contributed by atoms with Gasteiger partial charge in [0, 0.05) is 7.11 Å². The van der Waals surface area contributed by atoms with Crippen LogP contribution in [-0.2, 0) is 16.1 Å². The van der Waals surface area contributed by atoms with E-state index in [4.69, 9.17) is 9.47 Å². The SMILES string of the molecule is COCc1nnc(NC(=O)CNc2ccccc2OC)s1. The molecule has 2 N–H and O–H groups in total. The lowest BCUT2D eigenvalue weighted by Gasteiger charge is -2.10. The van der Waals surface area contributed by atoms with Crippen molar-refractivity contribution in [3.63, 3.8) is 0 Å². The van der Waals surface area contributed by atoms with Gasteiger partial charge in [-0.25, -0.2) is 0 Å². The number of nitrogens with one attached hydrogen (secondary N) is 2. The standard InChI is InChI=1S/C13H16N4O3S/c1-19-8-12-16-17-13(21-12)15-11(18)7-14-9-5-3-4-6-10(9)20-2/h3-6,14H,7-8H2,1-2H3,(H,15,17,18). The molecule has 7 nitrogen and oxygen atoms in total. The summed E-state index contributed by atoms with van der Waals surface area (Å²) in [6.45, 7) is 0.493. The Morgan fingerprint density at radius 2 is 2.10 bits per heavy atom. The fourth-order valence-corrected chi connectivity index (χ4v) is 2.34. The van der Waals surface area contributed by atoms with E-state index >= 15 is 0 Å². The van der Waals surface area contributed by atoms with Crippen molar-refractivity contribution in [2.75, 3.05) is 31.4 Å². The summed E-state index contributed by atoms with van der Waals surface area (Å²) in [5.74, 6) is 0.476. The quantitative estimate of drug-likeness (QED) is 0.810. The number of carbonyl (C=O) groups excluding carboxylic acids is 1. The van der Waals surface area contributed by atoms with Gasteiger partial charge in [-0.3, -0.25) is 10.1 Å². The van der Waals surface area contributed by atoms with Gasteiger partial charge in [0.05, 0.1) is 19.3 Å². The molecule has 0 aliphatic heterocycles. The largest absolute Gasteiger partial charge is 0.495 e. The first kappa shape index (κ1) is 15.2. The number of hydrogen-bond donors (Lipinski definition) is 2. The van der Waals surface area contributed by atoms with Crippen LogP contribution in [0.25, 0.3) is 0 Å². The molecule has 21 heavy (non-hydrogen) atoms. The van der Waals surface area contributed by atoms with Gasteiger partial charge in [-0.1, -0.05) is 23.5 Å². The van der Waals surface area contributed by atoms with E-state index in [9.17, 15) is 4.79 Å². The lowest BCUT2D eigenvalue weighted by atomic mass is 10.3. The third-order valence-corrected chi connectivity index (χ3v) is 3.34. The normalized spacial score (nSPS) is 10.2. The van der Waals surface area contributed by atoms with E-state index in [1.54, 1.807) is 14.2 Å². The fraction of sp³-hybridized carbons (Fsp3) is 0.308. The lowest BCUT2D eigenvalue weighted by molar-refractivity contribution is -0.114. The highest BCUT2D eigenvalue weighted by Crippen LogP contribution is 2.22. The van der Waals surface area contributed by atoms with Crippen LogP contribution in [0.4, 0.5) is 10.8 Å². The van der Waals surface area contributed by atoms with Gasteiger partial charge >= 0.3 is 0 Å². The minimum Gasteiger partial charge on any atom is -0.495 e. The van der Waals surface area contributed by atoms with Crippen molar-refractivity contribution in [2.24, 2.45) is 0 Å². The van der Waals surface area contributed by atoms with E-state index in [-0.39, 0.29) is 12.5 Å². The van der Waals surface area contributed by atoms with Crippen molar-refractivity contribution in [2.45, 2.75) is 6.61 Å². The molecule has 2 aromatic rings. The Kier molecular flexibility index (Phi) is 5.47. The lowest BCUT2D eigenvalue weighted by Crippen LogP contribution is -2.21. The summed E-state index contributed by atoms with van der Waals surface area (Å²) in [5.41, 5.74) is 0.757. The van der Waals surface area contributed by atoms with Crippen LogP contribution in [0.1, 0.15) is 5.01 Å². The van der Waals surface area contributed by atoms with Crippen LogP contribution in [-0.4, -0.2) is 36.9 Å². The molecule has 0 bridgehead atoms. The van der Waals surface area contributed by atoms with Crippen molar-refractivity contribution in [3.05, 3.63) is 29.3 Å². The molecule has 2 rings (SSSR count). The van der Waals surface area contributed by atoms with Crippen molar-refractivity contribution in [3.8, 4) is 5.75 Å². The minimum atomic E-state index is -0.207. The molecule has 8 heteroatoms. The third kappa shape index (κ3) is 4.40. The number of hydrogen-bond acceptors (Lipinski definition) is 7. The Labute approximate surface area is 126 Å². The monoisotopic (exact) mass is 308 g/mol. The zero-order chi connectivity index (χ0) is 15.1. The summed E-state index contributed by atoms with van der Waals surface area (Å²) in [6.07, 6.45) is 0. The first-order valence-corrected chi connectivity index (χ1v) is 7.02. The molecular weight excluding hydrogens is 292 g/mol. The van der Waals surface area contributed by atoms with Crippen LogP contribution >= 0.6 is 11.3 Å². The molecule has 1 aromatic carbocycles. The minimum absolute atomic E-state index is 0.111. The maximum Gasteiger partial charge on any atom is 0.245 e. The highest BCUT2D eigenvalue weighted by molar-refractivity contribution is 7.15. The topological polar surface area (TPSA) is 85.4 Å². The first-order chi connectivity index (χ1) is 10.2. The van der Waals surface area contributed by atoms with Gasteiger partial charge in [0.15, 0.2) is 0 Å². The number of amides is 1. The number of methoxy groups -OCH3 is 2. The van der Waals surface area contributed by atoms with Crippen LogP contribution in [0.3, 0.4) is 0 Å². The molecule has 0 aliphatic carbocycles. The number of ether oxygens (including phenoxy) is 2. The molecule has 112 valence electrons. The molecule has 1 heterocycles. The van der Waals surface area contributed by atoms with Gasteiger partial charge < -0.3 is 14.8 Å². The molecule has 1 aromatic heterocycles. The molecular formula is C13H16N4O3S. The molecule has 0 saturated carbocycles. The number of para-hydroxylation sites is 2. The number of rotatable bonds is 7. The number of carbonyl (C=O) groups is 1. The van der Waals surface area contributed by atoms with Gasteiger partial charge in [0.2, 0.25) is 11.0 Å². The maximum absolute atomic E-state index is 11.8. The summed E-state index contributed by atoms with van der Waals surface area (Å²) in [6, 6.07) is 7.39. The summed E-state index contributed by atoms with van der Waals surface area (Å²) in [4.78, 5) is 11.8. The zero-order valence-electron chi connectivity index (χ0n) is 11.8. The van der Waals surface area contributed by atoms with E-state index in [1.165, 1.54) is 11.3 Å². The molecule has 0 saturated heterocycles. The summed E-state index contributed by atoms with van der Waals surface area (Å²) >= 11 is 1.28. The van der Waals surface area contributed by atoms with Crippen molar-refractivity contribution >= 4 is 28.1 Å². The van der Waals surface area contributed by atoms with E-state index < -0.39 is 0 Å². The predicted molar refractivity (Wildman–Crippen MR) is 80.7 cm³/mol. The van der Waals surface area contributed by atoms with Crippen molar-refractivity contribution in [1.29, 1.82) is 0 Å². The van der Waals surface area contributed by atoms with Crippen LogP contribution in [0.5, 0.6) is 5.75 Å². The number of aromatic nitrogens is 2. The second-order valence-electron chi connectivity index (χ2n) is 4.04. The average molecular weight is 308 g/mol. The maximum atomic E-state index is 11.8. The fourth-order valence-electron chi connectivity index (χ4n) is 1.62. The highest BCUT2D eigenvalue weighted by atomic mass is 32.1. The second-order valence-corrected chi connectivity index (χ2v) is 5.10. The number of anilines is 2. The van der Waals surface area contributed by atoms with Gasteiger partial charge in [0.1, 0.15) is 17.4 Å². The predicted octanol–water partition coefficient (Wildman–Crippen LogP) is 1.74. The van der Waals surface area contributed by atoms with E-state index in [0.29, 0.717) is 22.5 Å². The van der Waals surface area contributed by atoms with Gasteiger partial charge in [-0.2, -0.15) is 0 Å². The molecule has 0 aliphatic rings. The van der Waals surface area contributed by atoms with Crippen LogP contribution < -0.4 is 15.4 Å². The summed E-state index contributed by atoms with van der Waals surface area (Å²) < 4.78 is 10.1. The molecule has 0 unspecified atom stereocenters. The molecule has 0 radical (unpaired) electrons. The average Bonchev–Trinajstić information content (AvgIpc) is 2.93. The molecule has 1 amide bonds. The van der Waals surface area contributed by atoms with Crippen LogP contribution in [0.15, 0.2) is 24.3 Å². The highest BCUT2D eigenvalue weighted by Gasteiger charge is 2.09. The number of nitrogens with zero attached hydrogens (tertiary/aromatic N) is 2. The van der Waals surface area contributed by atoms with Crippen molar-refractivity contribution < 1.29 is 14.3 Å². The van der Waals surface area contributed by atoms with Gasteiger partial charge in [-0.15, -0.1) is 10.2 Å². The Morgan fingerprint density at radius 1 is 1.29 bits per heavy atom. The smallest absolute Gasteiger partial charge is 0.245 e. The molecule has 0 atom stereocenters. The van der Waals surface area contributed by atoms with Crippen LogP contribution in [0.2, 0.25) is 0 Å². The van der Waals surface area contributed by atoms with Gasteiger partial charge in [-0.05, 0) is 12.1 Å². The van der Waals surface area contributed by atoms with Gasteiger partial charge in [0.25, 0.3) is 0 Å². The van der Waals surface area contributed by atoms with Crippen LogP contribution in [0, 0.1) is 0 Å².